The Balaban J connectivity index is 1.98. The molecule has 0 saturated carbocycles. The summed E-state index contributed by atoms with van der Waals surface area (Å²) in [6.07, 6.45) is 3.45. The molecular weight excluding hydrogens is 312 g/mol. The van der Waals surface area contributed by atoms with E-state index in [1.165, 1.54) is 5.56 Å². The summed E-state index contributed by atoms with van der Waals surface area (Å²) in [6.45, 7) is 8.43. The van der Waals surface area contributed by atoms with Gasteiger partial charge >= 0.3 is 0 Å². The van der Waals surface area contributed by atoms with Gasteiger partial charge in [0.15, 0.2) is 11.5 Å². The first kappa shape index (κ1) is 16.8. The predicted molar refractivity (Wildman–Crippen MR) is 103 cm³/mol. The second-order valence-corrected chi connectivity index (χ2v) is 6.36. The number of hydrogen-bond acceptors (Lipinski definition) is 3. The molecule has 0 fully saturated rings. The molecule has 2 N–H and O–H groups in total. The largest absolute Gasteiger partial charge is 0.449 e. The van der Waals surface area contributed by atoms with Crippen LogP contribution in [0.2, 0.25) is 0 Å². The van der Waals surface area contributed by atoms with Crippen LogP contribution in [0.4, 0.5) is 11.4 Å². The quantitative estimate of drug-likeness (QED) is 0.514. The molecule has 25 heavy (non-hydrogen) atoms. The summed E-state index contributed by atoms with van der Waals surface area (Å²) in [7, 11) is 0. The number of nitrogen functional groups attached to an aromatic ring is 1. The third-order valence-electron chi connectivity index (χ3n) is 4.16. The van der Waals surface area contributed by atoms with E-state index in [-0.39, 0.29) is 11.7 Å². The topological polar surface area (TPSA) is 55.6 Å². The molecule has 0 spiro atoms. The van der Waals surface area contributed by atoms with Crippen molar-refractivity contribution in [2.45, 2.75) is 19.8 Å². The van der Waals surface area contributed by atoms with Crippen molar-refractivity contribution >= 4 is 23.4 Å². The number of carbonyl (C=O) groups excluding carboxylic acids is 1. The number of benzene rings is 2. The molecule has 1 heterocycles. The van der Waals surface area contributed by atoms with Gasteiger partial charge < -0.3 is 10.5 Å². The lowest BCUT2D eigenvalue weighted by Crippen LogP contribution is -2.37. The van der Waals surface area contributed by atoms with E-state index in [1.807, 2.05) is 12.1 Å². The predicted octanol–water partition coefficient (Wildman–Crippen LogP) is 4.34. The molecule has 2 aromatic carbocycles. The smallest absolute Gasteiger partial charge is 0.294 e. The van der Waals surface area contributed by atoms with E-state index in [2.05, 4.69) is 32.6 Å². The highest BCUT2D eigenvalue weighted by Crippen LogP contribution is 2.37. The number of fused-ring (bicyclic) bond motifs is 1. The van der Waals surface area contributed by atoms with Crippen LogP contribution >= 0.6 is 0 Å². The third-order valence-corrected chi connectivity index (χ3v) is 4.16. The van der Waals surface area contributed by atoms with Crippen molar-refractivity contribution in [2.75, 3.05) is 17.2 Å². The Hall–Kier alpha value is -3.01. The summed E-state index contributed by atoms with van der Waals surface area (Å²) in [5.41, 5.74) is 9.27. The Morgan fingerprint density at radius 1 is 1.20 bits per heavy atom. The molecule has 0 radical (unpaired) electrons. The Bertz CT molecular complexity index is 835. The molecule has 0 atom stereocenters. The summed E-state index contributed by atoms with van der Waals surface area (Å²) in [4.78, 5) is 14.4. The van der Waals surface area contributed by atoms with Crippen LogP contribution < -0.4 is 15.4 Å². The van der Waals surface area contributed by atoms with Crippen LogP contribution in [0.1, 0.15) is 30.9 Å². The summed E-state index contributed by atoms with van der Waals surface area (Å²) in [5, 5.41) is 0. The third kappa shape index (κ3) is 3.43. The van der Waals surface area contributed by atoms with Crippen LogP contribution in [-0.2, 0) is 4.79 Å². The monoisotopic (exact) mass is 334 g/mol. The van der Waals surface area contributed by atoms with Gasteiger partial charge in [-0.25, -0.2) is 0 Å². The number of carbonyl (C=O) groups is 1. The van der Waals surface area contributed by atoms with Gasteiger partial charge in [-0.2, -0.15) is 0 Å². The lowest BCUT2D eigenvalue weighted by Gasteiger charge is -2.30. The van der Waals surface area contributed by atoms with Crippen LogP contribution in [0, 0.1) is 0 Å². The second-order valence-electron chi connectivity index (χ2n) is 6.36. The zero-order valence-corrected chi connectivity index (χ0v) is 14.5. The average Bonchev–Trinajstić information content (AvgIpc) is 2.59. The van der Waals surface area contributed by atoms with Gasteiger partial charge in [0.2, 0.25) is 0 Å². The van der Waals surface area contributed by atoms with Gasteiger partial charge in [0, 0.05) is 12.2 Å². The normalized spacial score (nSPS) is 15.2. The second kappa shape index (κ2) is 6.85. The van der Waals surface area contributed by atoms with Crippen molar-refractivity contribution < 1.29 is 9.53 Å². The van der Waals surface area contributed by atoms with Crippen molar-refractivity contribution in [1.29, 1.82) is 0 Å². The molecule has 1 amide bonds. The molecule has 0 aromatic heterocycles. The SMILES string of the molecule is C=CCN1C(=O)/C(=C\c2ccc(C(C)C)cc2)Oc2ccc(N)cc21. The number of amides is 1. The molecule has 0 aliphatic carbocycles. The summed E-state index contributed by atoms with van der Waals surface area (Å²) in [6, 6.07) is 13.4. The first-order valence-electron chi connectivity index (χ1n) is 8.31. The summed E-state index contributed by atoms with van der Waals surface area (Å²) < 4.78 is 5.84. The van der Waals surface area contributed by atoms with Gasteiger partial charge in [-0.1, -0.05) is 44.2 Å². The number of nitrogens with two attached hydrogens (primary N) is 1. The van der Waals surface area contributed by atoms with Gasteiger partial charge in [0.05, 0.1) is 5.69 Å². The van der Waals surface area contributed by atoms with E-state index in [0.29, 0.717) is 29.6 Å². The first-order chi connectivity index (χ1) is 12.0. The van der Waals surface area contributed by atoms with Gasteiger partial charge in [-0.3, -0.25) is 9.69 Å². The minimum absolute atomic E-state index is 0.203. The summed E-state index contributed by atoms with van der Waals surface area (Å²) in [5.74, 6) is 1.16. The average molecular weight is 334 g/mol. The number of anilines is 2. The summed E-state index contributed by atoms with van der Waals surface area (Å²) >= 11 is 0. The Morgan fingerprint density at radius 3 is 2.56 bits per heavy atom. The lowest BCUT2D eigenvalue weighted by atomic mass is 10.0. The van der Waals surface area contributed by atoms with E-state index in [4.69, 9.17) is 10.5 Å². The van der Waals surface area contributed by atoms with Crippen LogP contribution in [0.15, 0.2) is 60.9 Å². The molecule has 0 bridgehead atoms. The highest BCUT2D eigenvalue weighted by Gasteiger charge is 2.29. The fraction of sp³-hybridized carbons (Fsp3) is 0.190. The molecular formula is C21H22N2O2. The van der Waals surface area contributed by atoms with Crippen molar-refractivity contribution in [2.24, 2.45) is 0 Å². The van der Waals surface area contributed by atoms with Gasteiger partial charge in [0.1, 0.15) is 0 Å². The number of ether oxygens (including phenoxy) is 1. The molecule has 4 heteroatoms. The van der Waals surface area contributed by atoms with Gasteiger partial charge in [0.25, 0.3) is 5.91 Å². The van der Waals surface area contributed by atoms with E-state index in [9.17, 15) is 4.79 Å². The zero-order chi connectivity index (χ0) is 18.0. The molecule has 3 rings (SSSR count). The fourth-order valence-corrected chi connectivity index (χ4v) is 2.77. The molecule has 1 aliphatic heterocycles. The number of hydrogen-bond donors (Lipinski definition) is 1. The highest BCUT2D eigenvalue weighted by molar-refractivity contribution is 6.10. The Morgan fingerprint density at radius 2 is 1.92 bits per heavy atom. The maximum absolute atomic E-state index is 12.8. The lowest BCUT2D eigenvalue weighted by molar-refractivity contribution is -0.117. The number of rotatable bonds is 4. The van der Waals surface area contributed by atoms with Crippen LogP contribution in [0.5, 0.6) is 5.75 Å². The maximum atomic E-state index is 12.8. The van der Waals surface area contributed by atoms with Crippen molar-refractivity contribution in [3.8, 4) is 5.75 Å². The maximum Gasteiger partial charge on any atom is 0.294 e. The molecule has 1 aliphatic rings. The molecule has 4 nitrogen and oxygen atoms in total. The van der Waals surface area contributed by atoms with Crippen LogP contribution in [0.3, 0.4) is 0 Å². The van der Waals surface area contributed by atoms with Crippen molar-refractivity contribution in [3.63, 3.8) is 0 Å². The highest BCUT2D eigenvalue weighted by atomic mass is 16.5. The Kier molecular flexibility index (Phi) is 4.61. The van der Waals surface area contributed by atoms with Crippen LogP contribution in [-0.4, -0.2) is 12.5 Å². The van der Waals surface area contributed by atoms with E-state index < -0.39 is 0 Å². The minimum atomic E-state index is -0.203. The molecule has 2 aromatic rings. The minimum Gasteiger partial charge on any atom is -0.449 e. The molecule has 128 valence electrons. The van der Waals surface area contributed by atoms with E-state index in [1.54, 1.807) is 35.3 Å². The van der Waals surface area contributed by atoms with Gasteiger partial charge in [-0.05, 0) is 41.3 Å². The molecule has 0 saturated heterocycles. The van der Waals surface area contributed by atoms with E-state index >= 15 is 0 Å². The Labute approximate surface area is 148 Å². The van der Waals surface area contributed by atoms with Gasteiger partial charge in [-0.15, -0.1) is 6.58 Å². The van der Waals surface area contributed by atoms with Crippen LogP contribution in [0.25, 0.3) is 6.08 Å². The first-order valence-corrected chi connectivity index (χ1v) is 8.31. The fourth-order valence-electron chi connectivity index (χ4n) is 2.77. The van der Waals surface area contributed by atoms with E-state index in [0.717, 1.165) is 5.56 Å². The standard InChI is InChI=1S/C21H22N2O2/c1-4-11-23-18-13-17(22)9-10-19(18)25-20(21(23)24)12-15-5-7-16(8-6-15)14(2)3/h4-10,12-14H,1,11,22H2,2-3H3/b20-12+. The number of nitrogens with zero attached hydrogens (tertiary/aromatic N) is 1. The van der Waals surface area contributed by atoms with Crippen molar-refractivity contribution in [3.05, 3.63) is 72.0 Å². The van der Waals surface area contributed by atoms with Crippen molar-refractivity contribution in [1.82, 2.24) is 0 Å². The molecule has 0 unspecified atom stereocenters. The zero-order valence-electron chi connectivity index (χ0n) is 14.5.